The SMILES string of the molecule is CC(C)(O)C1Cc2c(C(F)(F)F)cccc2S1(=O)=O. The molecule has 2 rings (SSSR count). The second-order valence-corrected chi connectivity index (χ2v) is 7.27. The van der Waals surface area contributed by atoms with Gasteiger partial charge in [0.25, 0.3) is 0 Å². The Morgan fingerprint density at radius 2 is 1.84 bits per heavy atom. The summed E-state index contributed by atoms with van der Waals surface area (Å²) in [5.74, 6) is 0. The highest BCUT2D eigenvalue weighted by atomic mass is 32.2. The summed E-state index contributed by atoms with van der Waals surface area (Å²) in [6, 6.07) is 3.10. The van der Waals surface area contributed by atoms with E-state index in [1.54, 1.807) is 0 Å². The van der Waals surface area contributed by atoms with E-state index in [0.717, 1.165) is 18.2 Å². The Morgan fingerprint density at radius 1 is 1.26 bits per heavy atom. The Bertz CT molecular complexity index is 612. The maximum Gasteiger partial charge on any atom is 0.416 e. The van der Waals surface area contributed by atoms with Crippen LogP contribution in [0.15, 0.2) is 23.1 Å². The van der Waals surface area contributed by atoms with Gasteiger partial charge in [-0.3, -0.25) is 0 Å². The van der Waals surface area contributed by atoms with Crippen molar-refractivity contribution in [1.29, 1.82) is 0 Å². The summed E-state index contributed by atoms with van der Waals surface area (Å²) in [6.07, 6.45) is -4.92. The average Bonchev–Trinajstić information content (AvgIpc) is 2.49. The number of benzene rings is 1. The summed E-state index contributed by atoms with van der Waals surface area (Å²) < 4.78 is 62.9. The summed E-state index contributed by atoms with van der Waals surface area (Å²) in [5.41, 5.74) is -2.79. The number of hydrogen-bond donors (Lipinski definition) is 1. The summed E-state index contributed by atoms with van der Waals surface area (Å²) in [6.45, 7) is 2.57. The minimum atomic E-state index is -4.60. The Hall–Kier alpha value is -1.08. The molecule has 7 heteroatoms. The second kappa shape index (κ2) is 3.96. The van der Waals surface area contributed by atoms with Crippen LogP contribution in [-0.2, 0) is 22.4 Å². The van der Waals surface area contributed by atoms with Gasteiger partial charge in [-0.15, -0.1) is 0 Å². The van der Waals surface area contributed by atoms with Gasteiger partial charge in [0, 0.05) is 0 Å². The van der Waals surface area contributed by atoms with E-state index in [4.69, 9.17) is 0 Å². The van der Waals surface area contributed by atoms with Crippen molar-refractivity contribution in [3.8, 4) is 0 Å². The average molecular weight is 294 g/mol. The number of sulfone groups is 1. The van der Waals surface area contributed by atoms with Crippen molar-refractivity contribution in [2.45, 2.75) is 42.2 Å². The first-order valence-corrected chi connectivity index (χ1v) is 7.15. The molecule has 0 fully saturated rings. The van der Waals surface area contributed by atoms with Gasteiger partial charge < -0.3 is 5.11 Å². The Balaban J connectivity index is 2.67. The van der Waals surface area contributed by atoms with Crippen molar-refractivity contribution in [2.24, 2.45) is 0 Å². The fourth-order valence-corrected chi connectivity index (χ4v) is 4.64. The van der Waals surface area contributed by atoms with Crippen LogP contribution in [0.1, 0.15) is 25.0 Å². The van der Waals surface area contributed by atoms with Crippen LogP contribution in [0.2, 0.25) is 0 Å². The summed E-state index contributed by atoms with van der Waals surface area (Å²) in [7, 11) is -3.94. The zero-order valence-electron chi connectivity index (χ0n) is 10.3. The van der Waals surface area contributed by atoms with Crippen LogP contribution in [0.5, 0.6) is 0 Å². The van der Waals surface area contributed by atoms with E-state index < -0.39 is 32.4 Å². The molecule has 0 radical (unpaired) electrons. The third kappa shape index (κ3) is 2.25. The molecule has 0 aliphatic carbocycles. The molecule has 1 aromatic rings. The minimum Gasteiger partial charge on any atom is -0.389 e. The Labute approximate surface area is 109 Å². The number of alkyl halides is 3. The molecule has 19 heavy (non-hydrogen) atoms. The van der Waals surface area contributed by atoms with Gasteiger partial charge in [-0.05, 0) is 38.0 Å². The lowest BCUT2D eigenvalue weighted by molar-refractivity contribution is -0.138. The largest absolute Gasteiger partial charge is 0.416 e. The van der Waals surface area contributed by atoms with Gasteiger partial charge >= 0.3 is 6.18 Å². The Kier molecular flexibility index (Phi) is 2.98. The van der Waals surface area contributed by atoms with E-state index in [2.05, 4.69) is 0 Å². The van der Waals surface area contributed by atoms with E-state index in [-0.39, 0.29) is 16.9 Å². The molecule has 0 saturated carbocycles. The first-order chi connectivity index (χ1) is 8.45. The van der Waals surface area contributed by atoms with Crippen molar-refractivity contribution in [3.05, 3.63) is 29.3 Å². The molecule has 1 aliphatic rings. The highest BCUT2D eigenvalue weighted by Crippen LogP contribution is 2.42. The van der Waals surface area contributed by atoms with E-state index in [1.165, 1.54) is 13.8 Å². The van der Waals surface area contributed by atoms with E-state index in [1.807, 2.05) is 0 Å². The van der Waals surface area contributed by atoms with Crippen molar-refractivity contribution in [3.63, 3.8) is 0 Å². The first kappa shape index (κ1) is 14.3. The molecule has 0 amide bonds. The van der Waals surface area contributed by atoms with Crippen LogP contribution >= 0.6 is 0 Å². The molecule has 0 spiro atoms. The van der Waals surface area contributed by atoms with E-state index in [0.29, 0.717) is 0 Å². The molecule has 3 nitrogen and oxygen atoms in total. The summed E-state index contributed by atoms with van der Waals surface area (Å²) in [5, 5.41) is 8.61. The van der Waals surface area contributed by atoms with Crippen LogP contribution in [0, 0.1) is 0 Å². The van der Waals surface area contributed by atoms with Gasteiger partial charge in [0.15, 0.2) is 9.84 Å². The van der Waals surface area contributed by atoms with Gasteiger partial charge in [-0.2, -0.15) is 13.2 Å². The standard InChI is InChI=1S/C12H13F3O3S/c1-11(2,16)10-6-7-8(12(13,14)15)4-3-5-9(7)19(10,17)18/h3-5,10,16H,6H2,1-2H3. The Morgan fingerprint density at radius 3 is 2.32 bits per heavy atom. The van der Waals surface area contributed by atoms with Gasteiger partial charge in [-0.25, -0.2) is 8.42 Å². The van der Waals surface area contributed by atoms with Gasteiger partial charge in [0.05, 0.1) is 21.3 Å². The number of hydrogen-bond acceptors (Lipinski definition) is 3. The molecular weight excluding hydrogens is 281 g/mol. The van der Waals surface area contributed by atoms with Crippen LogP contribution < -0.4 is 0 Å². The predicted octanol–water partition coefficient (Wildman–Crippen LogP) is 2.17. The molecule has 0 bridgehead atoms. The van der Waals surface area contributed by atoms with Gasteiger partial charge in [0.1, 0.15) is 0 Å². The minimum absolute atomic E-state index is 0.248. The molecular formula is C12H13F3O3S. The predicted molar refractivity (Wildman–Crippen MR) is 62.4 cm³/mol. The lowest BCUT2D eigenvalue weighted by Crippen LogP contribution is -2.40. The molecule has 1 heterocycles. The molecule has 1 unspecified atom stereocenters. The van der Waals surface area contributed by atoms with Crippen molar-refractivity contribution >= 4 is 9.84 Å². The lowest BCUT2D eigenvalue weighted by atomic mass is 9.95. The number of fused-ring (bicyclic) bond motifs is 1. The zero-order chi connectivity index (χ0) is 14.6. The number of rotatable bonds is 1. The number of aliphatic hydroxyl groups is 1. The third-order valence-electron chi connectivity index (χ3n) is 3.30. The van der Waals surface area contributed by atoms with Crippen LogP contribution in [0.25, 0.3) is 0 Å². The lowest BCUT2D eigenvalue weighted by Gasteiger charge is -2.24. The molecule has 1 aromatic carbocycles. The van der Waals surface area contributed by atoms with Crippen LogP contribution in [0.4, 0.5) is 13.2 Å². The van der Waals surface area contributed by atoms with Crippen LogP contribution in [-0.4, -0.2) is 24.4 Å². The summed E-state index contributed by atoms with van der Waals surface area (Å²) >= 11 is 0. The van der Waals surface area contributed by atoms with Crippen molar-refractivity contribution in [1.82, 2.24) is 0 Å². The zero-order valence-corrected chi connectivity index (χ0v) is 11.1. The van der Waals surface area contributed by atoms with Crippen LogP contribution in [0.3, 0.4) is 0 Å². The summed E-state index contributed by atoms with van der Waals surface area (Å²) in [4.78, 5) is -0.325. The first-order valence-electron chi connectivity index (χ1n) is 5.61. The van der Waals surface area contributed by atoms with Gasteiger partial charge in [-0.1, -0.05) is 6.07 Å². The maximum absolute atomic E-state index is 12.9. The fourth-order valence-electron chi connectivity index (χ4n) is 2.39. The molecule has 1 N–H and O–H groups in total. The maximum atomic E-state index is 12.9. The molecule has 106 valence electrons. The topological polar surface area (TPSA) is 54.4 Å². The monoisotopic (exact) mass is 294 g/mol. The van der Waals surface area contributed by atoms with E-state index in [9.17, 15) is 26.7 Å². The second-order valence-electron chi connectivity index (χ2n) is 5.17. The molecule has 1 atom stereocenters. The normalized spacial score (nSPS) is 22.3. The van der Waals surface area contributed by atoms with Crippen molar-refractivity contribution < 1.29 is 26.7 Å². The van der Waals surface area contributed by atoms with Gasteiger partial charge in [0.2, 0.25) is 0 Å². The third-order valence-corrected chi connectivity index (χ3v) is 5.79. The van der Waals surface area contributed by atoms with Crippen molar-refractivity contribution in [2.75, 3.05) is 0 Å². The van der Waals surface area contributed by atoms with E-state index >= 15 is 0 Å². The highest BCUT2D eigenvalue weighted by Gasteiger charge is 2.48. The number of halogens is 3. The molecule has 1 aliphatic heterocycles. The highest BCUT2D eigenvalue weighted by molar-refractivity contribution is 7.92. The smallest absolute Gasteiger partial charge is 0.389 e. The molecule has 0 aromatic heterocycles. The fraction of sp³-hybridized carbons (Fsp3) is 0.500. The quantitative estimate of drug-likeness (QED) is 0.863. The molecule has 0 saturated heterocycles.